The first kappa shape index (κ1) is 17.0. The minimum atomic E-state index is -3.79. The van der Waals surface area contributed by atoms with E-state index in [1.165, 1.54) is 13.4 Å². The molecule has 1 heterocycles. The van der Waals surface area contributed by atoms with Crippen LogP contribution in [0, 0.1) is 5.41 Å². The molecule has 2 rings (SSSR count). The Labute approximate surface area is 132 Å². The molecule has 1 saturated carbocycles. The van der Waals surface area contributed by atoms with Crippen LogP contribution >= 0.6 is 19.0 Å². The zero-order valence-electron chi connectivity index (χ0n) is 11.9. The Hall–Kier alpha value is -1.35. The number of aromatic nitrogens is 2. The molecule has 1 aromatic heterocycles. The van der Waals surface area contributed by atoms with E-state index in [1.54, 1.807) is 0 Å². The van der Waals surface area contributed by atoms with E-state index in [0.717, 1.165) is 6.42 Å². The van der Waals surface area contributed by atoms with Crippen LogP contribution in [0.5, 0.6) is 0 Å². The molecule has 0 amide bonds. The van der Waals surface area contributed by atoms with Crippen molar-refractivity contribution in [1.82, 2.24) is 9.97 Å². The molecule has 3 atom stereocenters. The maximum Gasteiger partial charge on any atom is 0.383 e. The molecule has 1 aliphatic carbocycles. The molecule has 3 unspecified atom stereocenters. The van der Waals surface area contributed by atoms with Crippen molar-refractivity contribution in [3.05, 3.63) is 11.9 Å². The van der Waals surface area contributed by atoms with Crippen LogP contribution in [0.2, 0.25) is 0 Å². The van der Waals surface area contributed by atoms with Crippen LogP contribution in [0.3, 0.4) is 0 Å². The zero-order chi connectivity index (χ0) is 16.3. The van der Waals surface area contributed by atoms with Gasteiger partial charge in [-0.1, -0.05) is 12.2 Å². The van der Waals surface area contributed by atoms with E-state index >= 15 is 0 Å². The topological polar surface area (TPSA) is 143 Å². The highest BCUT2D eigenvalue weighted by molar-refractivity contribution is 8.44. The van der Waals surface area contributed by atoms with Gasteiger partial charge in [0.25, 0.3) is 0 Å². The third kappa shape index (κ3) is 4.33. The summed E-state index contributed by atoms with van der Waals surface area (Å²) in [6.07, 6.45) is 2.82. The van der Waals surface area contributed by atoms with Gasteiger partial charge in [-0.05, 0) is 19.3 Å². The molecule has 0 bridgehead atoms. The van der Waals surface area contributed by atoms with Crippen LogP contribution in [-0.4, -0.2) is 40.0 Å². The lowest BCUT2D eigenvalue weighted by Gasteiger charge is -2.17. The number of hydrogen-bond donors (Lipinski definition) is 5. The summed E-state index contributed by atoms with van der Waals surface area (Å²) in [6.45, 7) is -3.79. The first-order valence-electron chi connectivity index (χ1n) is 6.54. The number of nitrogens with two attached hydrogens (primary N) is 1. The fraction of sp³-hybridized carbons (Fsp3) is 0.545. The van der Waals surface area contributed by atoms with Gasteiger partial charge in [-0.15, -0.1) is 0 Å². The van der Waals surface area contributed by atoms with Crippen molar-refractivity contribution in [2.75, 3.05) is 18.2 Å². The van der Waals surface area contributed by atoms with E-state index < -0.39 is 6.80 Å². The zero-order valence-corrected chi connectivity index (χ0v) is 13.7. The lowest BCUT2D eigenvalue weighted by atomic mass is 10.2. The van der Waals surface area contributed by atoms with Gasteiger partial charge < -0.3 is 20.7 Å². The molecule has 0 radical (unpaired) electrons. The second-order valence-corrected chi connectivity index (χ2v) is 7.60. The molecule has 1 aliphatic rings. The SMILES string of the molecule is COC(=N)c1c(N)ncnc1NC1CCC(OP(=O)(O)S)C1. The summed E-state index contributed by atoms with van der Waals surface area (Å²) < 4.78 is 21.0. The first-order chi connectivity index (χ1) is 10.3. The van der Waals surface area contributed by atoms with E-state index in [9.17, 15) is 4.57 Å². The third-order valence-corrected chi connectivity index (χ3v) is 4.18. The Morgan fingerprint density at radius 1 is 1.59 bits per heavy atom. The van der Waals surface area contributed by atoms with Crippen molar-refractivity contribution in [1.29, 1.82) is 5.41 Å². The maximum absolute atomic E-state index is 11.2. The largest absolute Gasteiger partial charge is 0.481 e. The van der Waals surface area contributed by atoms with Gasteiger partial charge in [0.05, 0.1) is 13.2 Å². The molecule has 9 nitrogen and oxygen atoms in total. The first-order valence-corrected chi connectivity index (χ1v) is 9.27. The number of ether oxygens (including phenoxy) is 1. The predicted molar refractivity (Wildman–Crippen MR) is 85.2 cm³/mol. The van der Waals surface area contributed by atoms with Crippen molar-refractivity contribution in [3.63, 3.8) is 0 Å². The molecule has 0 spiro atoms. The minimum Gasteiger partial charge on any atom is -0.481 e. The third-order valence-electron chi connectivity index (χ3n) is 3.32. The maximum atomic E-state index is 11.2. The monoisotopic (exact) mass is 347 g/mol. The van der Waals surface area contributed by atoms with Crippen molar-refractivity contribution in [3.8, 4) is 0 Å². The second-order valence-electron chi connectivity index (χ2n) is 4.89. The number of nitrogen functional groups attached to an aromatic ring is 1. The Balaban J connectivity index is 2.08. The number of methoxy groups -OCH3 is 1. The smallest absolute Gasteiger partial charge is 0.383 e. The summed E-state index contributed by atoms with van der Waals surface area (Å²) in [5.41, 5.74) is 6.05. The molecule has 122 valence electrons. The highest BCUT2D eigenvalue weighted by Gasteiger charge is 2.31. The van der Waals surface area contributed by atoms with Gasteiger partial charge in [-0.25, -0.2) is 14.5 Å². The van der Waals surface area contributed by atoms with Crippen molar-refractivity contribution >= 4 is 36.6 Å². The molecule has 0 aliphatic heterocycles. The molecular formula is C11H18N5O4PS. The number of anilines is 2. The summed E-state index contributed by atoms with van der Waals surface area (Å²) in [4.78, 5) is 17.1. The lowest BCUT2D eigenvalue weighted by Crippen LogP contribution is -2.21. The van der Waals surface area contributed by atoms with E-state index in [0.29, 0.717) is 18.7 Å². The van der Waals surface area contributed by atoms with Crippen LogP contribution in [0.4, 0.5) is 11.6 Å². The Bertz CT molecular complexity index is 610. The van der Waals surface area contributed by atoms with Crippen LogP contribution in [0.25, 0.3) is 0 Å². The van der Waals surface area contributed by atoms with E-state index in [2.05, 4.69) is 27.5 Å². The van der Waals surface area contributed by atoms with Gasteiger partial charge in [0.2, 0.25) is 5.90 Å². The average molecular weight is 347 g/mol. The molecule has 0 saturated heterocycles. The molecule has 0 aromatic carbocycles. The van der Waals surface area contributed by atoms with Crippen molar-refractivity contribution in [2.24, 2.45) is 0 Å². The summed E-state index contributed by atoms with van der Waals surface area (Å²) >= 11 is 3.51. The highest BCUT2D eigenvalue weighted by atomic mass is 32.7. The fourth-order valence-electron chi connectivity index (χ4n) is 2.39. The van der Waals surface area contributed by atoms with Crippen LogP contribution in [0.1, 0.15) is 24.8 Å². The number of rotatable bonds is 5. The Kier molecular flexibility index (Phi) is 5.28. The van der Waals surface area contributed by atoms with E-state index in [1.807, 2.05) is 0 Å². The highest BCUT2D eigenvalue weighted by Crippen LogP contribution is 2.50. The summed E-state index contributed by atoms with van der Waals surface area (Å²) in [5, 5.41) is 10.9. The molecular weight excluding hydrogens is 329 g/mol. The average Bonchev–Trinajstić information content (AvgIpc) is 2.83. The van der Waals surface area contributed by atoms with E-state index in [-0.39, 0.29) is 29.4 Å². The Morgan fingerprint density at radius 3 is 2.95 bits per heavy atom. The van der Waals surface area contributed by atoms with Gasteiger partial charge in [-0.2, -0.15) is 0 Å². The summed E-state index contributed by atoms with van der Waals surface area (Å²) in [6, 6.07) is -0.0254. The quantitative estimate of drug-likeness (QED) is 0.233. The molecule has 1 aromatic rings. The normalized spacial score (nSPS) is 23.8. The number of hydrogen-bond acceptors (Lipinski definition) is 8. The van der Waals surface area contributed by atoms with Gasteiger partial charge in [-0.3, -0.25) is 9.93 Å². The van der Waals surface area contributed by atoms with Gasteiger partial charge >= 0.3 is 6.80 Å². The molecule has 11 heteroatoms. The number of nitrogens with one attached hydrogen (secondary N) is 2. The second kappa shape index (κ2) is 6.82. The molecule has 1 fully saturated rings. The van der Waals surface area contributed by atoms with Crippen LogP contribution in [0.15, 0.2) is 6.33 Å². The molecule has 22 heavy (non-hydrogen) atoms. The minimum absolute atomic E-state index is 0.0254. The number of thiol groups is 1. The van der Waals surface area contributed by atoms with E-state index in [4.69, 9.17) is 25.3 Å². The molecule has 5 N–H and O–H groups in total. The van der Waals surface area contributed by atoms with Gasteiger partial charge in [0, 0.05) is 6.04 Å². The predicted octanol–water partition coefficient (Wildman–Crippen LogP) is 1.41. The fourth-order valence-corrected chi connectivity index (χ4v) is 3.37. The van der Waals surface area contributed by atoms with Crippen LogP contribution < -0.4 is 11.1 Å². The lowest BCUT2D eigenvalue weighted by molar-refractivity contribution is 0.190. The van der Waals surface area contributed by atoms with Crippen molar-refractivity contribution in [2.45, 2.75) is 31.4 Å². The standard InChI is InChI=1S/C11H18N5O4PS/c1-19-10(13)8-9(12)14-5-15-11(8)16-6-2-3-7(4-6)20-21(17,18)22/h5-7,13H,2-4H2,1H3,(H2,17,18,22)(H3,12,14,15,16). The van der Waals surface area contributed by atoms with Crippen LogP contribution in [-0.2, 0) is 13.8 Å². The van der Waals surface area contributed by atoms with Gasteiger partial charge in [0.1, 0.15) is 23.5 Å². The van der Waals surface area contributed by atoms with Gasteiger partial charge in [0.15, 0.2) is 0 Å². The summed E-state index contributed by atoms with van der Waals surface area (Å²) in [5.74, 6) is 0.398. The Morgan fingerprint density at radius 2 is 2.32 bits per heavy atom. The number of nitrogens with zero attached hydrogens (tertiary/aromatic N) is 2. The van der Waals surface area contributed by atoms with Crippen molar-refractivity contribution < 1.29 is 18.7 Å². The summed E-state index contributed by atoms with van der Waals surface area (Å²) in [7, 11) is 1.36.